The first-order valence-electron chi connectivity index (χ1n) is 6.68. The molecule has 0 fully saturated rings. The minimum atomic E-state index is -0.302. The van der Waals surface area contributed by atoms with Crippen molar-refractivity contribution in [3.8, 4) is 5.75 Å². The standard InChI is InChI=1S/C17H15FN2O/c1-21-14-7-8-15(18)16(10-14)20-11-13-5-2-4-12-6-3-9-19-17(12)13/h2-10,20H,11H2,1H3. The largest absolute Gasteiger partial charge is 0.497 e. The Hall–Kier alpha value is -2.62. The van der Waals surface area contributed by atoms with Crippen molar-refractivity contribution in [2.45, 2.75) is 6.54 Å². The van der Waals surface area contributed by atoms with Gasteiger partial charge in [-0.15, -0.1) is 0 Å². The number of para-hydroxylation sites is 1. The van der Waals surface area contributed by atoms with Gasteiger partial charge in [0.05, 0.1) is 18.3 Å². The summed E-state index contributed by atoms with van der Waals surface area (Å²) in [6.45, 7) is 0.498. The zero-order valence-electron chi connectivity index (χ0n) is 11.6. The van der Waals surface area contributed by atoms with E-state index in [1.807, 2.05) is 30.3 Å². The summed E-state index contributed by atoms with van der Waals surface area (Å²) in [6, 6.07) is 14.5. The van der Waals surface area contributed by atoms with E-state index in [2.05, 4.69) is 10.3 Å². The number of hydrogen-bond acceptors (Lipinski definition) is 3. The van der Waals surface area contributed by atoms with Crippen molar-refractivity contribution in [3.63, 3.8) is 0 Å². The highest BCUT2D eigenvalue weighted by atomic mass is 19.1. The molecule has 0 spiro atoms. The van der Waals surface area contributed by atoms with Gasteiger partial charge in [0.2, 0.25) is 0 Å². The van der Waals surface area contributed by atoms with Gasteiger partial charge in [-0.2, -0.15) is 0 Å². The fraction of sp³-hybridized carbons (Fsp3) is 0.118. The maximum atomic E-state index is 13.8. The number of pyridine rings is 1. The predicted molar refractivity (Wildman–Crippen MR) is 82.0 cm³/mol. The molecule has 2 aromatic carbocycles. The molecule has 3 rings (SSSR count). The number of methoxy groups -OCH3 is 1. The van der Waals surface area contributed by atoms with Crippen LogP contribution in [-0.2, 0) is 6.54 Å². The van der Waals surface area contributed by atoms with Crippen molar-refractivity contribution >= 4 is 16.6 Å². The Morgan fingerprint density at radius 2 is 2.00 bits per heavy atom. The maximum Gasteiger partial charge on any atom is 0.146 e. The van der Waals surface area contributed by atoms with Crippen LogP contribution in [0.5, 0.6) is 5.75 Å². The average Bonchev–Trinajstić information content (AvgIpc) is 2.54. The second-order valence-electron chi connectivity index (χ2n) is 4.69. The topological polar surface area (TPSA) is 34.1 Å². The summed E-state index contributed by atoms with van der Waals surface area (Å²) in [6.07, 6.45) is 1.76. The molecule has 106 valence electrons. The Labute approximate surface area is 122 Å². The number of nitrogens with zero attached hydrogens (tertiary/aromatic N) is 1. The lowest BCUT2D eigenvalue weighted by atomic mass is 10.1. The third kappa shape index (κ3) is 2.79. The van der Waals surface area contributed by atoms with Gasteiger partial charge in [0, 0.05) is 24.2 Å². The van der Waals surface area contributed by atoms with E-state index in [1.54, 1.807) is 25.4 Å². The Kier molecular flexibility index (Phi) is 3.69. The summed E-state index contributed by atoms with van der Waals surface area (Å²) in [7, 11) is 1.56. The van der Waals surface area contributed by atoms with Gasteiger partial charge in [-0.1, -0.05) is 24.3 Å². The molecule has 0 bridgehead atoms. The first kappa shape index (κ1) is 13.4. The highest BCUT2D eigenvalue weighted by molar-refractivity contribution is 5.81. The highest BCUT2D eigenvalue weighted by Crippen LogP contribution is 2.23. The summed E-state index contributed by atoms with van der Waals surface area (Å²) in [4.78, 5) is 4.39. The first-order valence-corrected chi connectivity index (χ1v) is 6.68. The molecule has 3 nitrogen and oxygen atoms in total. The normalized spacial score (nSPS) is 10.6. The number of nitrogens with one attached hydrogen (secondary N) is 1. The summed E-state index contributed by atoms with van der Waals surface area (Å²) in [5, 5.41) is 4.17. The lowest BCUT2D eigenvalue weighted by Gasteiger charge is -2.10. The van der Waals surface area contributed by atoms with Crippen molar-refractivity contribution in [3.05, 3.63) is 66.1 Å². The van der Waals surface area contributed by atoms with Gasteiger partial charge in [-0.25, -0.2) is 4.39 Å². The zero-order chi connectivity index (χ0) is 14.7. The number of hydrogen-bond donors (Lipinski definition) is 1. The van der Waals surface area contributed by atoms with Crippen LogP contribution in [-0.4, -0.2) is 12.1 Å². The number of rotatable bonds is 4. The van der Waals surface area contributed by atoms with Crippen LogP contribution in [0.4, 0.5) is 10.1 Å². The van der Waals surface area contributed by atoms with E-state index in [0.717, 1.165) is 16.5 Å². The molecule has 21 heavy (non-hydrogen) atoms. The smallest absolute Gasteiger partial charge is 0.146 e. The lowest BCUT2D eigenvalue weighted by molar-refractivity contribution is 0.414. The van der Waals surface area contributed by atoms with Crippen LogP contribution >= 0.6 is 0 Å². The van der Waals surface area contributed by atoms with Crippen LogP contribution in [0.25, 0.3) is 10.9 Å². The van der Waals surface area contributed by atoms with Crippen LogP contribution < -0.4 is 10.1 Å². The molecule has 0 atom stereocenters. The van der Waals surface area contributed by atoms with E-state index in [4.69, 9.17) is 4.74 Å². The summed E-state index contributed by atoms with van der Waals surface area (Å²) in [5.74, 6) is 0.318. The van der Waals surface area contributed by atoms with Crippen LogP contribution in [0.1, 0.15) is 5.56 Å². The zero-order valence-corrected chi connectivity index (χ0v) is 11.6. The van der Waals surface area contributed by atoms with Crippen molar-refractivity contribution in [2.75, 3.05) is 12.4 Å². The Morgan fingerprint density at radius 1 is 1.14 bits per heavy atom. The summed E-state index contributed by atoms with van der Waals surface area (Å²) < 4.78 is 18.9. The predicted octanol–water partition coefficient (Wildman–Crippen LogP) is 3.99. The summed E-state index contributed by atoms with van der Waals surface area (Å²) >= 11 is 0. The minimum absolute atomic E-state index is 0.302. The highest BCUT2D eigenvalue weighted by Gasteiger charge is 2.06. The van der Waals surface area contributed by atoms with E-state index in [9.17, 15) is 4.39 Å². The molecule has 0 unspecified atom stereocenters. The molecule has 3 aromatic rings. The molecular formula is C17H15FN2O. The Bertz CT molecular complexity index is 768. The van der Waals surface area contributed by atoms with Gasteiger partial charge in [-0.3, -0.25) is 4.98 Å². The second kappa shape index (κ2) is 5.79. The molecule has 1 N–H and O–H groups in total. The Balaban J connectivity index is 1.87. The minimum Gasteiger partial charge on any atom is -0.497 e. The van der Waals surface area contributed by atoms with Crippen LogP contribution in [0.2, 0.25) is 0 Å². The van der Waals surface area contributed by atoms with Gasteiger partial charge in [0.1, 0.15) is 11.6 Å². The first-order chi connectivity index (χ1) is 10.3. The SMILES string of the molecule is COc1ccc(F)c(NCc2cccc3cccnc23)c1. The third-order valence-electron chi connectivity index (χ3n) is 3.36. The van der Waals surface area contributed by atoms with Gasteiger partial charge >= 0.3 is 0 Å². The van der Waals surface area contributed by atoms with E-state index in [1.165, 1.54) is 6.07 Å². The molecule has 1 aromatic heterocycles. The molecular weight excluding hydrogens is 267 g/mol. The van der Waals surface area contributed by atoms with E-state index in [-0.39, 0.29) is 5.82 Å². The van der Waals surface area contributed by atoms with Crippen molar-refractivity contribution < 1.29 is 9.13 Å². The van der Waals surface area contributed by atoms with E-state index < -0.39 is 0 Å². The molecule has 4 heteroatoms. The van der Waals surface area contributed by atoms with Gasteiger partial charge in [0.15, 0.2) is 0 Å². The second-order valence-corrected chi connectivity index (χ2v) is 4.69. The lowest BCUT2D eigenvalue weighted by Crippen LogP contribution is -2.03. The number of anilines is 1. The number of aromatic nitrogens is 1. The van der Waals surface area contributed by atoms with Crippen LogP contribution in [0.3, 0.4) is 0 Å². The molecule has 0 saturated carbocycles. The number of benzene rings is 2. The van der Waals surface area contributed by atoms with Crippen LogP contribution in [0, 0.1) is 5.82 Å². The molecule has 0 aliphatic carbocycles. The number of fused-ring (bicyclic) bond motifs is 1. The average molecular weight is 282 g/mol. The maximum absolute atomic E-state index is 13.8. The molecule has 1 heterocycles. The fourth-order valence-corrected chi connectivity index (χ4v) is 2.27. The molecule has 0 aliphatic rings. The Morgan fingerprint density at radius 3 is 2.86 bits per heavy atom. The van der Waals surface area contributed by atoms with Gasteiger partial charge in [-0.05, 0) is 23.8 Å². The number of ether oxygens (including phenoxy) is 1. The van der Waals surface area contributed by atoms with E-state index in [0.29, 0.717) is 18.0 Å². The monoisotopic (exact) mass is 282 g/mol. The molecule has 0 saturated heterocycles. The van der Waals surface area contributed by atoms with E-state index >= 15 is 0 Å². The van der Waals surface area contributed by atoms with Crippen LogP contribution in [0.15, 0.2) is 54.7 Å². The van der Waals surface area contributed by atoms with Crippen molar-refractivity contribution in [2.24, 2.45) is 0 Å². The van der Waals surface area contributed by atoms with Crippen molar-refractivity contribution in [1.29, 1.82) is 0 Å². The van der Waals surface area contributed by atoms with Crippen molar-refractivity contribution in [1.82, 2.24) is 4.98 Å². The number of halogens is 1. The van der Waals surface area contributed by atoms with Gasteiger partial charge < -0.3 is 10.1 Å². The fourth-order valence-electron chi connectivity index (χ4n) is 2.27. The molecule has 0 aliphatic heterocycles. The van der Waals surface area contributed by atoms with Gasteiger partial charge in [0.25, 0.3) is 0 Å². The third-order valence-corrected chi connectivity index (χ3v) is 3.36. The molecule has 0 radical (unpaired) electrons. The molecule has 0 amide bonds. The summed E-state index contributed by atoms with van der Waals surface area (Å²) in [5.41, 5.74) is 2.37. The quantitative estimate of drug-likeness (QED) is 0.785.